The molecule has 3 aromatic carbocycles. The Morgan fingerprint density at radius 1 is 0.895 bits per heavy atom. The fraction of sp³-hybridized carbons (Fsp3) is 0.333. The average molecular weight is 536 g/mol. The summed E-state index contributed by atoms with van der Waals surface area (Å²) in [4.78, 5) is 28.2. The zero-order chi connectivity index (χ0) is 27.9. The molecule has 202 valence electrons. The Kier molecular flexibility index (Phi) is 9.69. The maximum atomic E-state index is 13.9. The molecule has 7 nitrogen and oxygen atoms in total. The first-order valence-electron chi connectivity index (χ1n) is 12.8. The van der Waals surface area contributed by atoms with E-state index in [1.54, 1.807) is 43.3 Å². The van der Waals surface area contributed by atoms with E-state index in [0.29, 0.717) is 18.7 Å². The largest absolute Gasteiger partial charge is 0.355 e. The Balaban J connectivity index is 2.02. The van der Waals surface area contributed by atoms with Crippen molar-refractivity contribution in [1.82, 2.24) is 10.2 Å². The summed E-state index contributed by atoms with van der Waals surface area (Å²) >= 11 is 0. The van der Waals surface area contributed by atoms with Crippen LogP contribution in [0.3, 0.4) is 0 Å². The van der Waals surface area contributed by atoms with Crippen molar-refractivity contribution in [3.05, 3.63) is 95.1 Å². The smallest absolute Gasteiger partial charge is 0.264 e. The van der Waals surface area contributed by atoms with Gasteiger partial charge in [-0.15, -0.1) is 0 Å². The zero-order valence-corrected chi connectivity index (χ0v) is 23.6. The molecule has 1 N–H and O–H groups in total. The summed E-state index contributed by atoms with van der Waals surface area (Å²) in [5.74, 6) is -0.732. The fourth-order valence-corrected chi connectivity index (χ4v) is 5.72. The second-order valence-corrected chi connectivity index (χ2v) is 11.3. The number of carbonyl (C=O) groups is 2. The van der Waals surface area contributed by atoms with Crippen LogP contribution in [0, 0.1) is 20.8 Å². The van der Waals surface area contributed by atoms with Gasteiger partial charge in [-0.05, 0) is 75.9 Å². The number of hydrogen-bond donors (Lipinski definition) is 1. The quantitative estimate of drug-likeness (QED) is 0.394. The normalized spacial score (nSPS) is 12.0. The highest BCUT2D eigenvalue weighted by Crippen LogP contribution is 2.29. The summed E-state index contributed by atoms with van der Waals surface area (Å²) in [7, 11) is -4.08. The molecule has 0 aliphatic rings. The van der Waals surface area contributed by atoms with E-state index < -0.39 is 28.5 Å². The van der Waals surface area contributed by atoms with Crippen LogP contribution in [0.15, 0.2) is 77.7 Å². The van der Waals surface area contributed by atoms with Crippen LogP contribution in [0.1, 0.15) is 36.1 Å². The van der Waals surface area contributed by atoms with E-state index in [0.717, 1.165) is 22.3 Å². The summed E-state index contributed by atoms with van der Waals surface area (Å²) in [6, 6.07) is 20.9. The van der Waals surface area contributed by atoms with Crippen LogP contribution in [0.4, 0.5) is 5.69 Å². The lowest BCUT2D eigenvalue weighted by Gasteiger charge is -2.32. The lowest BCUT2D eigenvalue weighted by atomic mass is 10.1. The third-order valence-electron chi connectivity index (χ3n) is 6.74. The molecule has 1 atom stereocenters. The molecule has 0 unspecified atom stereocenters. The summed E-state index contributed by atoms with van der Waals surface area (Å²) in [5.41, 5.74) is 4.07. The molecule has 0 spiro atoms. The summed E-state index contributed by atoms with van der Waals surface area (Å²) in [5, 5.41) is 2.78. The minimum absolute atomic E-state index is 0.101. The Bertz CT molecular complexity index is 1360. The van der Waals surface area contributed by atoms with E-state index >= 15 is 0 Å². The van der Waals surface area contributed by atoms with Crippen molar-refractivity contribution >= 4 is 27.5 Å². The number of anilines is 1. The van der Waals surface area contributed by atoms with Crippen molar-refractivity contribution in [3.8, 4) is 0 Å². The van der Waals surface area contributed by atoms with Crippen LogP contribution < -0.4 is 9.62 Å². The van der Waals surface area contributed by atoms with E-state index in [4.69, 9.17) is 0 Å². The van der Waals surface area contributed by atoms with Gasteiger partial charge in [0.25, 0.3) is 10.0 Å². The number of nitrogens with one attached hydrogen (secondary N) is 1. The van der Waals surface area contributed by atoms with E-state index in [1.165, 1.54) is 9.21 Å². The van der Waals surface area contributed by atoms with Crippen LogP contribution >= 0.6 is 0 Å². The van der Waals surface area contributed by atoms with Crippen molar-refractivity contribution < 1.29 is 18.0 Å². The Morgan fingerprint density at radius 2 is 1.55 bits per heavy atom. The molecule has 0 aromatic heterocycles. The number of nitrogens with zero attached hydrogens (tertiary/aromatic N) is 2. The van der Waals surface area contributed by atoms with Crippen LogP contribution in [0.2, 0.25) is 0 Å². The average Bonchev–Trinajstić information content (AvgIpc) is 2.90. The van der Waals surface area contributed by atoms with Gasteiger partial charge in [-0.3, -0.25) is 13.9 Å². The second kappa shape index (κ2) is 12.7. The van der Waals surface area contributed by atoms with Crippen molar-refractivity contribution in [2.45, 2.75) is 52.0 Å². The van der Waals surface area contributed by atoms with Gasteiger partial charge in [-0.2, -0.15) is 0 Å². The summed E-state index contributed by atoms with van der Waals surface area (Å²) < 4.78 is 29.0. The van der Waals surface area contributed by atoms with Gasteiger partial charge in [0, 0.05) is 13.1 Å². The number of carbonyl (C=O) groups excluding carboxylic acids is 2. The fourth-order valence-electron chi connectivity index (χ4n) is 4.25. The highest BCUT2D eigenvalue weighted by Gasteiger charge is 2.33. The number of aryl methyl sites for hydroxylation is 2. The number of rotatable bonds is 11. The molecule has 0 saturated carbocycles. The standard InChI is InChI=1S/C30H37N3O4S/c1-6-31-30(35)25(5)32(20-19-26-12-8-7-9-13-26)29(34)21-33(28-14-10-11-23(3)24(28)4)38(36,37)27-17-15-22(2)16-18-27/h7-18,25H,6,19-21H2,1-5H3,(H,31,35)/t25-/m1/s1. The lowest BCUT2D eigenvalue weighted by Crippen LogP contribution is -2.52. The third kappa shape index (κ3) is 6.81. The Hall–Kier alpha value is -3.65. The molecular weight excluding hydrogens is 498 g/mol. The molecule has 3 rings (SSSR count). The highest BCUT2D eigenvalue weighted by atomic mass is 32.2. The monoisotopic (exact) mass is 535 g/mol. The number of benzene rings is 3. The molecule has 3 aromatic rings. The van der Waals surface area contributed by atoms with Gasteiger partial charge in [-0.1, -0.05) is 60.2 Å². The molecule has 0 radical (unpaired) electrons. The zero-order valence-electron chi connectivity index (χ0n) is 22.8. The van der Waals surface area contributed by atoms with E-state index in [2.05, 4.69) is 5.32 Å². The Labute approximate surface area is 226 Å². The topological polar surface area (TPSA) is 86.8 Å². The molecule has 0 aliphatic heterocycles. The molecule has 0 aliphatic carbocycles. The minimum atomic E-state index is -4.08. The van der Waals surface area contributed by atoms with Gasteiger partial charge in [0.1, 0.15) is 12.6 Å². The predicted molar refractivity (Wildman–Crippen MR) is 152 cm³/mol. The first kappa shape index (κ1) is 28.9. The van der Waals surface area contributed by atoms with Crippen LogP contribution in [-0.2, 0) is 26.0 Å². The van der Waals surface area contributed by atoms with Gasteiger partial charge < -0.3 is 10.2 Å². The summed E-state index contributed by atoms with van der Waals surface area (Å²) in [6.07, 6.45) is 0.532. The molecule has 38 heavy (non-hydrogen) atoms. The maximum Gasteiger partial charge on any atom is 0.264 e. The second-order valence-electron chi connectivity index (χ2n) is 9.44. The van der Waals surface area contributed by atoms with Crippen molar-refractivity contribution in [1.29, 1.82) is 0 Å². The minimum Gasteiger partial charge on any atom is -0.355 e. The number of hydrogen-bond acceptors (Lipinski definition) is 4. The SMILES string of the molecule is CCNC(=O)[C@@H](C)N(CCc1ccccc1)C(=O)CN(c1cccc(C)c1C)S(=O)(=O)c1ccc(C)cc1. The lowest BCUT2D eigenvalue weighted by molar-refractivity contribution is -0.138. The number of likely N-dealkylation sites (N-methyl/N-ethyl adjacent to an activating group) is 1. The van der Waals surface area contributed by atoms with Gasteiger partial charge >= 0.3 is 0 Å². The maximum absolute atomic E-state index is 13.9. The third-order valence-corrected chi connectivity index (χ3v) is 8.51. The molecule has 0 saturated heterocycles. The molecule has 0 heterocycles. The van der Waals surface area contributed by atoms with Gasteiger partial charge in [0.15, 0.2) is 0 Å². The summed E-state index contributed by atoms with van der Waals surface area (Å²) in [6.45, 7) is 9.39. The van der Waals surface area contributed by atoms with E-state index in [1.807, 2.05) is 64.1 Å². The first-order valence-corrected chi connectivity index (χ1v) is 14.3. The van der Waals surface area contributed by atoms with Crippen LogP contribution in [0.5, 0.6) is 0 Å². The molecule has 8 heteroatoms. The van der Waals surface area contributed by atoms with Crippen LogP contribution in [-0.4, -0.2) is 50.8 Å². The highest BCUT2D eigenvalue weighted by molar-refractivity contribution is 7.92. The molecule has 0 bridgehead atoms. The van der Waals surface area contributed by atoms with Crippen LogP contribution in [0.25, 0.3) is 0 Å². The van der Waals surface area contributed by atoms with Gasteiger partial charge in [0.2, 0.25) is 11.8 Å². The van der Waals surface area contributed by atoms with Crippen molar-refractivity contribution in [3.63, 3.8) is 0 Å². The predicted octanol–water partition coefficient (Wildman–Crippen LogP) is 4.40. The van der Waals surface area contributed by atoms with E-state index in [-0.39, 0.29) is 17.3 Å². The van der Waals surface area contributed by atoms with E-state index in [9.17, 15) is 18.0 Å². The Morgan fingerprint density at radius 3 is 2.18 bits per heavy atom. The van der Waals surface area contributed by atoms with Crippen molar-refractivity contribution in [2.75, 3.05) is 23.9 Å². The number of amides is 2. The van der Waals surface area contributed by atoms with Crippen molar-refractivity contribution in [2.24, 2.45) is 0 Å². The molecule has 0 fully saturated rings. The van der Waals surface area contributed by atoms with Gasteiger partial charge in [0.05, 0.1) is 10.6 Å². The van der Waals surface area contributed by atoms with Gasteiger partial charge in [-0.25, -0.2) is 8.42 Å². The number of sulfonamides is 1. The molecular formula is C30H37N3O4S. The first-order chi connectivity index (χ1) is 18.1. The molecule has 2 amide bonds.